The zero-order valence-electron chi connectivity index (χ0n) is 15.5. The Hall–Kier alpha value is -0.830. The van der Waals surface area contributed by atoms with E-state index in [0.717, 1.165) is 0 Å². The highest BCUT2D eigenvalue weighted by Crippen LogP contribution is 2.39. The molecule has 0 aliphatic carbocycles. The summed E-state index contributed by atoms with van der Waals surface area (Å²) in [6.45, 7) is 5.46. The molecule has 0 aliphatic rings. The minimum absolute atomic E-state index is 0.0587. The number of nitrogens with one attached hydrogen (secondary N) is 2. The second-order valence-corrected chi connectivity index (χ2v) is 8.73. The fourth-order valence-corrected chi connectivity index (χ4v) is 2.92. The number of carbonyl (C=O) groups is 2. The van der Waals surface area contributed by atoms with E-state index < -0.39 is 36.6 Å². The minimum atomic E-state index is -4.42. The molecule has 0 saturated heterocycles. The molecule has 0 rings (SSSR count). The van der Waals surface area contributed by atoms with E-state index in [2.05, 4.69) is 10.6 Å². The maximum absolute atomic E-state index is 13.0. The van der Waals surface area contributed by atoms with E-state index in [1.54, 1.807) is 0 Å². The molecule has 8 N–H and O–H groups in total. The van der Waals surface area contributed by atoms with Crippen molar-refractivity contribution in [1.29, 1.82) is 0 Å². The maximum atomic E-state index is 13.0. The van der Waals surface area contributed by atoms with Gasteiger partial charge >= 0.3 is 7.60 Å². The van der Waals surface area contributed by atoms with Crippen molar-refractivity contribution in [2.45, 2.75) is 63.8 Å². The molecule has 25 heavy (non-hydrogen) atoms. The third-order valence-electron chi connectivity index (χ3n) is 4.07. The Morgan fingerprint density at radius 1 is 1.20 bits per heavy atom. The van der Waals surface area contributed by atoms with E-state index in [-0.39, 0.29) is 12.3 Å². The Kier molecular flexibility index (Phi) is 10.0. The van der Waals surface area contributed by atoms with E-state index in [1.165, 1.54) is 14.0 Å². The van der Waals surface area contributed by atoms with Crippen LogP contribution in [-0.4, -0.2) is 52.4 Å². The lowest BCUT2D eigenvalue weighted by atomic mass is 9.82. The van der Waals surface area contributed by atoms with Crippen molar-refractivity contribution >= 4 is 19.3 Å². The largest absolute Gasteiger partial charge is 0.357 e. The normalized spacial score (nSPS) is 17.0. The van der Waals surface area contributed by atoms with Crippen molar-refractivity contribution in [2.24, 2.45) is 17.4 Å². The van der Waals surface area contributed by atoms with Crippen molar-refractivity contribution in [3.8, 4) is 0 Å². The molecule has 0 spiro atoms. The zero-order chi connectivity index (χ0) is 19.8. The standard InChI is InChI=1S/C15H33N4O5P/c1-10(2)9-12(19-11(3)25(22,23)24)13(20)15(17,14(21)18-4)7-5-6-8-16/h10-12,19H,5-9,16-17H2,1-4H3,(H,18,21)(H2,22,23,24)/t11-,12+,15+/m1/s1. The fraction of sp³-hybridized carbons (Fsp3) is 0.867. The number of unbranched alkanes of at least 4 members (excludes halogenated alkanes) is 1. The highest BCUT2D eigenvalue weighted by Gasteiger charge is 2.45. The van der Waals surface area contributed by atoms with Crippen LogP contribution in [-0.2, 0) is 14.2 Å². The SMILES string of the molecule is CNC(=O)[C@](N)(CCCCN)C(=O)[C@H](CC(C)C)N[C@@H](C)P(=O)(O)O. The first kappa shape index (κ1) is 24.2. The topological polar surface area (TPSA) is 168 Å². The zero-order valence-corrected chi connectivity index (χ0v) is 16.4. The lowest BCUT2D eigenvalue weighted by Crippen LogP contribution is -2.64. The first-order chi connectivity index (χ1) is 11.4. The second kappa shape index (κ2) is 10.4. The molecule has 0 aromatic carbocycles. The predicted molar refractivity (Wildman–Crippen MR) is 96.8 cm³/mol. The van der Waals surface area contributed by atoms with Crippen LogP contribution in [0.5, 0.6) is 0 Å². The number of nitrogens with two attached hydrogens (primary N) is 2. The minimum Gasteiger partial charge on any atom is -0.357 e. The molecule has 10 heteroatoms. The van der Waals surface area contributed by atoms with Crippen LogP contribution < -0.4 is 22.1 Å². The third kappa shape index (κ3) is 7.52. The fourth-order valence-electron chi connectivity index (χ4n) is 2.54. The Bertz CT molecular complexity index is 496. The molecule has 9 nitrogen and oxygen atoms in total. The average Bonchev–Trinajstić information content (AvgIpc) is 2.51. The summed E-state index contributed by atoms with van der Waals surface area (Å²) >= 11 is 0. The van der Waals surface area contributed by atoms with Gasteiger partial charge in [-0.1, -0.05) is 13.8 Å². The number of hydrogen-bond donors (Lipinski definition) is 6. The summed E-state index contributed by atoms with van der Waals surface area (Å²) in [6.07, 6.45) is 1.53. The van der Waals surface area contributed by atoms with Gasteiger partial charge in [-0.3, -0.25) is 19.5 Å². The van der Waals surface area contributed by atoms with Gasteiger partial charge in [0.05, 0.1) is 6.04 Å². The summed E-state index contributed by atoms with van der Waals surface area (Å²) in [6, 6.07) is -0.942. The van der Waals surface area contributed by atoms with Crippen LogP contribution in [0.1, 0.15) is 46.5 Å². The Morgan fingerprint density at radius 2 is 1.76 bits per heavy atom. The van der Waals surface area contributed by atoms with Crippen molar-refractivity contribution in [1.82, 2.24) is 10.6 Å². The summed E-state index contributed by atoms with van der Waals surface area (Å²) in [5, 5.41) is 5.07. The molecule has 0 unspecified atom stereocenters. The van der Waals surface area contributed by atoms with Crippen LogP contribution in [0.25, 0.3) is 0 Å². The Balaban J connectivity index is 5.56. The molecule has 0 saturated carbocycles. The lowest BCUT2D eigenvalue weighted by Gasteiger charge is -2.33. The number of likely N-dealkylation sites (N-methyl/N-ethyl adjacent to an activating group) is 1. The van der Waals surface area contributed by atoms with E-state index >= 15 is 0 Å². The quantitative estimate of drug-likeness (QED) is 0.152. The van der Waals surface area contributed by atoms with Gasteiger partial charge in [0.1, 0.15) is 5.78 Å². The van der Waals surface area contributed by atoms with Crippen molar-refractivity contribution in [2.75, 3.05) is 13.6 Å². The van der Waals surface area contributed by atoms with Gasteiger partial charge in [-0.05, 0) is 45.1 Å². The highest BCUT2D eigenvalue weighted by atomic mass is 31.2. The number of Topliss-reactive ketones (excluding diaryl/α,β-unsaturated/α-hetero) is 1. The molecule has 1 amide bonds. The van der Waals surface area contributed by atoms with Crippen LogP contribution in [0, 0.1) is 5.92 Å². The average molecular weight is 380 g/mol. The van der Waals surface area contributed by atoms with Gasteiger partial charge in [-0.2, -0.15) is 0 Å². The van der Waals surface area contributed by atoms with Gasteiger partial charge in [0.25, 0.3) is 0 Å². The molecule has 0 radical (unpaired) electrons. The smallest absolute Gasteiger partial charge is 0.342 e. The van der Waals surface area contributed by atoms with Gasteiger partial charge in [-0.25, -0.2) is 0 Å². The Labute approximate surface area is 149 Å². The van der Waals surface area contributed by atoms with Crippen LogP contribution in [0.2, 0.25) is 0 Å². The molecule has 0 heterocycles. The first-order valence-electron chi connectivity index (χ1n) is 8.46. The number of carbonyl (C=O) groups excluding carboxylic acids is 2. The lowest BCUT2D eigenvalue weighted by molar-refractivity contribution is -0.137. The molecular weight excluding hydrogens is 347 g/mol. The molecule has 3 atom stereocenters. The molecular formula is C15H33N4O5P. The number of hydrogen-bond acceptors (Lipinski definition) is 6. The van der Waals surface area contributed by atoms with Gasteiger partial charge in [0, 0.05) is 7.05 Å². The van der Waals surface area contributed by atoms with Crippen molar-refractivity contribution in [3.05, 3.63) is 0 Å². The summed E-state index contributed by atoms with van der Waals surface area (Å²) < 4.78 is 11.4. The van der Waals surface area contributed by atoms with Gasteiger partial charge in [0.15, 0.2) is 11.3 Å². The number of rotatable bonds is 12. The van der Waals surface area contributed by atoms with Crippen LogP contribution in [0.4, 0.5) is 0 Å². The summed E-state index contributed by atoms with van der Waals surface area (Å²) in [4.78, 5) is 43.9. The molecule has 0 aromatic rings. The third-order valence-corrected chi connectivity index (χ3v) is 5.23. The number of ketones is 1. The van der Waals surface area contributed by atoms with Gasteiger partial charge < -0.3 is 26.6 Å². The molecule has 0 fully saturated rings. The van der Waals surface area contributed by atoms with E-state index in [9.17, 15) is 23.9 Å². The second-order valence-electron chi connectivity index (χ2n) is 6.77. The van der Waals surface area contributed by atoms with Crippen LogP contribution in [0.15, 0.2) is 0 Å². The monoisotopic (exact) mass is 380 g/mol. The molecule has 148 valence electrons. The van der Waals surface area contributed by atoms with Gasteiger partial charge in [0.2, 0.25) is 5.91 Å². The first-order valence-corrected chi connectivity index (χ1v) is 10.1. The highest BCUT2D eigenvalue weighted by molar-refractivity contribution is 7.52. The summed E-state index contributed by atoms with van der Waals surface area (Å²) in [5.41, 5.74) is 9.85. The maximum Gasteiger partial charge on any atom is 0.342 e. The van der Waals surface area contributed by atoms with Crippen molar-refractivity contribution < 1.29 is 23.9 Å². The van der Waals surface area contributed by atoms with E-state index in [1.807, 2.05) is 13.8 Å². The molecule has 0 aromatic heterocycles. The number of amides is 1. The van der Waals surface area contributed by atoms with Crippen LogP contribution in [0.3, 0.4) is 0 Å². The summed E-state index contributed by atoms with van der Waals surface area (Å²) in [7, 11) is -3.03. The summed E-state index contributed by atoms with van der Waals surface area (Å²) in [5.74, 6) is -2.35. The molecule has 0 bridgehead atoms. The van der Waals surface area contributed by atoms with E-state index in [4.69, 9.17) is 11.5 Å². The van der Waals surface area contributed by atoms with Crippen LogP contribution >= 0.6 is 7.60 Å². The van der Waals surface area contributed by atoms with Gasteiger partial charge in [-0.15, -0.1) is 0 Å². The van der Waals surface area contributed by atoms with Crippen molar-refractivity contribution in [3.63, 3.8) is 0 Å². The predicted octanol–water partition coefficient (Wildman–Crippen LogP) is -0.344. The van der Waals surface area contributed by atoms with E-state index in [0.29, 0.717) is 25.8 Å². The molecule has 0 aliphatic heterocycles. The Morgan fingerprint density at radius 3 is 2.16 bits per heavy atom.